The molecule has 4 rings (SSSR count). The van der Waals surface area contributed by atoms with Crippen molar-refractivity contribution in [3.8, 4) is 11.4 Å². The number of aryl methyl sites for hydroxylation is 1. The maximum atomic E-state index is 13.6. The van der Waals surface area contributed by atoms with Gasteiger partial charge in [0.05, 0.1) is 5.02 Å². The fraction of sp³-hybridized carbons (Fsp3) is 0.429. The standard InChI is InChI=1S/C21H23Cl2N3O/c1-4-13(5-2)17-10-12(3)26-19(17)21(27)25(15-7-8-15)20(24-26)16-9-6-14(22)11-18(16)23/h6,9-11,13,15H,4-5,7-8H2,1-3H3. The molecule has 1 fully saturated rings. The number of fused-ring (bicyclic) bond motifs is 1. The number of benzene rings is 1. The van der Waals surface area contributed by atoms with Crippen LogP contribution in [0.15, 0.2) is 29.1 Å². The zero-order valence-electron chi connectivity index (χ0n) is 15.8. The summed E-state index contributed by atoms with van der Waals surface area (Å²) < 4.78 is 3.64. The fourth-order valence-corrected chi connectivity index (χ4v) is 4.41. The van der Waals surface area contributed by atoms with Crippen molar-refractivity contribution in [2.24, 2.45) is 0 Å². The number of nitrogens with zero attached hydrogens (tertiary/aromatic N) is 3. The molecule has 4 nitrogen and oxygen atoms in total. The molecule has 0 atom stereocenters. The molecular formula is C21H23Cl2N3O. The molecule has 142 valence electrons. The SMILES string of the molecule is CCC(CC)c1cc(C)n2nc(-c3ccc(Cl)cc3Cl)n(C3CC3)c(=O)c12. The van der Waals surface area contributed by atoms with Gasteiger partial charge in [-0.1, -0.05) is 37.0 Å². The first kappa shape index (κ1) is 18.6. The summed E-state index contributed by atoms with van der Waals surface area (Å²) in [5.41, 5.74) is 3.56. The summed E-state index contributed by atoms with van der Waals surface area (Å²) in [4.78, 5) is 13.6. The monoisotopic (exact) mass is 403 g/mol. The third-order valence-electron chi connectivity index (χ3n) is 5.54. The summed E-state index contributed by atoms with van der Waals surface area (Å²) >= 11 is 12.5. The molecule has 1 aliphatic rings. The Kier molecular flexibility index (Phi) is 4.81. The molecule has 2 aromatic heterocycles. The molecule has 1 aromatic carbocycles. The van der Waals surface area contributed by atoms with Crippen molar-refractivity contribution in [2.75, 3.05) is 0 Å². The Morgan fingerprint density at radius 2 is 1.89 bits per heavy atom. The topological polar surface area (TPSA) is 39.3 Å². The van der Waals surface area contributed by atoms with Gasteiger partial charge in [-0.05, 0) is 68.4 Å². The van der Waals surface area contributed by atoms with Gasteiger partial charge in [0.25, 0.3) is 5.56 Å². The van der Waals surface area contributed by atoms with E-state index >= 15 is 0 Å². The van der Waals surface area contributed by atoms with E-state index in [4.69, 9.17) is 28.3 Å². The van der Waals surface area contributed by atoms with Crippen LogP contribution >= 0.6 is 23.2 Å². The van der Waals surface area contributed by atoms with Crippen LogP contribution in [0, 0.1) is 6.92 Å². The highest BCUT2D eigenvalue weighted by Gasteiger charge is 2.31. The lowest BCUT2D eigenvalue weighted by molar-refractivity contribution is 0.638. The average Bonchev–Trinajstić information content (AvgIpc) is 3.41. The maximum Gasteiger partial charge on any atom is 0.278 e. The van der Waals surface area contributed by atoms with Gasteiger partial charge >= 0.3 is 0 Å². The summed E-state index contributed by atoms with van der Waals surface area (Å²) in [6.45, 7) is 6.34. The summed E-state index contributed by atoms with van der Waals surface area (Å²) in [5.74, 6) is 0.979. The molecule has 6 heteroatoms. The zero-order chi connectivity index (χ0) is 19.3. The van der Waals surface area contributed by atoms with Crippen molar-refractivity contribution in [3.63, 3.8) is 0 Å². The van der Waals surface area contributed by atoms with Gasteiger partial charge < -0.3 is 0 Å². The lowest BCUT2D eigenvalue weighted by atomic mass is 9.95. The molecule has 0 spiro atoms. The van der Waals surface area contributed by atoms with E-state index in [1.54, 1.807) is 16.6 Å². The van der Waals surface area contributed by atoms with Gasteiger partial charge in [-0.2, -0.15) is 0 Å². The Labute approximate surface area is 168 Å². The van der Waals surface area contributed by atoms with E-state index in [0.717, 1.165) is 42.5 Å². The van der Waals surface area contributed by atoms with Crippen LogP contribution in [0.4, 0.5) is 0 Å². The largest absolute Gasteiger partial charge is 0.286 e. The van der Waals surface area contributed by atoms with Crippen LogP contribution in [0.25, 0.3) is 16.9 Å². The van der Waals surface area contributed by atoms with Crippen LogP contribution in [0.2, 0.25) is 10.0 Å². The summed E-state index contributed by atoms with van der Waals surface area (Å²) in [6.07, 6.45) is 4.00. The lowest BCUT2D eigenvalue weighted by Crippen LogP contribution is -2.26. The molecular weight excluding hydrogens is 381 g/mol. The van der Waals surface area contributed by atoms with E-state index in [-0.39, 0.29) is 11.6 Å². The molecule has 1 aliphatic carbocycles. The van der Waals surface area contributed by atoms with Crippen molar-refractivity contribution < 1.29 is 0 Å². The quantitative estimate of drug-likeness (QED) is 0.522. The van der Waals surface area contributed by atoms with Crippen molar-refractivity contribution in [1.82, 2.24) is 14.2 Å². The smallest absolute Gasteiger partial charge is 0.278 e. The van der Waals surface area contributed by atoms with Crippen molar-refractivity contribution in [2.45, 2.75) is 58.4 Å². The molecule has 1 saturated carbocycles. The highest BCUT2D eigenvalue weighted by atomic mass is 35.5. The first-order valence-electron chi connectivity index (χ1n) is 9.56. The Morgan fingerprint density at radius 1 is 1.19 bits per heavy atom. The third kappa shape index (κ3) is 3.09. The molecule has 0 radical (unpaired) electrons. The van der Waals surface area contributed by atoms with Crippen LogP contribution in [0.1, 0.15) is 62.7 Å². The number of hydrogen-bond donors (Lipinski definition) is 0. The molecule has 0 aliphatic heterocycles. The minimum Gasteiger partial charge on any atom is -0.286 e. The first-order valence-corrected chi connectivity index (χ1v) is 10.3. The predicted molar refractivity (Wildman–Crippen MR) is 111 cm³/mol. The van der Waals surface area contributed by atoms with E-state index in [0.29, 0.717) is 27.3 Å². The molecule has 0 amide bonds. The highest BCUT2D eigenvalue weighted by Crippen LogP contribution is 2.39. The van der Waals surface area contributed by atoms with E-state index in [9.17, 15) is 4.79 Å². The zero-order valence-corrected chi connectivity index (χ0v) is 17.3. The van der Waals surface area contributed by atoms with Gasteiger partial charge in [0.15, 0.2) is 5.82 Å². The van der Waals surface area contributed by atoms with E-state index < -0.39 is 0 Å². The molecule has 0 bridgehead atoms. The van der Waals surface area contributed by atoms with E-state index in [2.05, 4.69) is 19.9 Å². The van der Waals surface area contributed by atoms with Crippen LogP contribution in [0.5, 0.6) is 0 Å². The predicted octanol–water partition coefficient (Wildman–Crippen LogP) is 6.02. The van der Waals surface area contributed by atoms with Gasteiger partial charge in [0.1, 0.15) is 5.52 Å². The number of aromatic nitrogens is 3. The lowest BCUT2D eigenvalue weighted by Gasteiger charge is -2.16. The molecule has 0 saturated heterocycles. The minimum atomic E-state index is 0.0310. The van der Waals surface area contributed by atoms with Crippen LogP contribution in [-0.2, 0) is 0 Å². The Morgan fingerprint density at radius 3 is 2.48 bits per heavy atom. The number of hydrogen-bond acceptors (Lipinski definition) is 2. The second-order valence-corrected chi connectivity index (χ2v) is 8.21. The number of rotatable bonds is 5. The molecule has 0 N–H and O–H groups in total. The first-order chi connectivity index (χ1) is 13.0. The molecule has 27 heavy (non-hydrogen) atoms. The molecule has 3 aromatic rings. The second-order valence-electron chi connectivity index (χ2n) is 7.37. The van der Waals surface area contributed by atoms with Gasteiger partial charge in [-0.3, -0.25) is 9.36 Å². The highest BCUT2D eigenvalue weighted by molar-refractivity contribution is 6.36. The van der Waals surface area contributed by atoms with Crippen molar-refractivity contribution in [1.29, 1.82) is 0 Å². The van der Waals surface area contributed by atoms with Crippen LogP contribution in [-0.4, -0.2) is 14.2 Å². The second kappa shape index (κ2) is 6.99. The van der Waals surface area contributed by atoms with Crippen molar-refractivity contribution >= 4 is 28.7 Å². The molecule has 0 unspecified atom stereocenters. The summed E-state index contributed by atoms with van der Waals surface area (Å²) in [6, 6.07) is 7.64. The number of halogens is 2. The van der Waals surface area contributed by atoms with E-state index in [1.807, 2.05) is 17.6 Å². The third-order valence-corrected chi connectivity index (χ3v) is 6.09. The van der Waals surface area contributed by atoms with E-state index in [1.165, 1.54) is 0 Å². The summed E-state index contributed by atoms with van der Waals surface area (Å²) in [7, 11) is 0. The van der Waals surface area contributed by atoms with Gasteiger partial charge in [0, 0.05) is 22.3 Å². The Hall–Kier alpha value is -1.78. The molecule has 2 heterocycles. The van der Waals surface area contributed by atoms with Gasteiger partial charge in [-0.25, -0.2) is 4.52 Å². The maximum absolute atomic E-state index is 13.6. The van der Waals surface area contributed by atoms with Gasteiger partial charge in [-0.15, -0.1) is 5.10 Å². The normalized spacial score (nSPS) is 14.4. The summed E-state index contributed by atoms with van der Waals surface area (Å²) in [5, 5.41) is 5.96. The van der Waals surface area contributed by atoms with Gasteiger partial charge in [0.2, 0.25) is 0 Å². The fourth-order valence-electron chi connectivity index (χ4n) is 3.91. The Balaban J connectivity index is 2.06. The van der Waals surface area contributed by atoms with Crippen LogP contribution < -0.4 is 5.56 Å². The van der Waals surface area contributed by atoms with Crippen LogP contribution in [0.3, 0.4) is 0 Å². The Bertz CT molecular complexity index is 1080. The average molecular weight is 404 g/mol. The van der Waals surface area contributed by atoms with Crippen molar-refractivity contribution in [3.05, 3.63) is 55.9 Å². The minimum absolute atomic E-state index is 0.0310.